The average Bonchev–Trinajstić information content (AvgIpc) is 2.90. The summed E-state index contributed by atoms with van der Waals surface area (Å²) in [5, 5.41) is 18.8. The molecule has 1 atom stereocenters. The van der Waals surface area contributed by atoms with E-state index in [1.165, 1.54) is 4.90 Å². The van der Waals surface area contributed by atoms with Crippen LogP contribution in [-0.2, 0) is 18.6 Å². The molecule has 9 heteroatoms. The van der Waals surface area contributed by atoms with E-state index in [4.69, 9.17) is 29.0 Å². The largest absolute Gasteiger partial charge is 0.373 e. The van der Waals surface area contributed by atoms with Gasteiger partial charge in [-0.3, -0.25) is 4.79 Å². The molecule has 1 aromatic heterocycles. The second kappa shape index (κ2) is 10.2. The van der Waals surface area contributed by atoms with E-state index in [-0.39, 0.29) is 11.4 Å². The normalized spacial score (nSPS) is 14.8. The lowest BCUT2D eigenvalue weighted by Gasteiger charge is -2.36. The molecule has 2 heterocycles. The van der Waals surface area contributed by atoms with Crippen molar-refractivity contribution in [2.75, 3.05) is 7.05 Å². The maximum absolute atomic E-state index is 13.2. The van der Waals surface area contributed by atoms with E-state index < -0.39 is 5.60 Å². The van der Waals surface area contributed by atoms with Crippen LogP contribution in [0.5, 0.6) is 0 Å². The smallest absolute Gasteiger partial charge is 0.251 e. The van der Waals surface area contributed by atoms with E-state index in [0.29, 0.717) is 32.7 Å². The molecule has 0 bridgehead atoms. The Labute approximate surface area is 236 Å². The SMILES string of the molecule is C=C(S)N(C)/C(=N\N)C(O)(c1ccc(Cl)cc1)c1cc2c3c(c1)c(-c1cccc(Cl)c1)cc(=O)n3CCC2. The molecule has 3 N–H and O–H groups in total. The minimum Gasteiger partial charge on any atom is -0.373 e. The average molecular weight is 566 g/mol. The van der Waals surface area contributed by atoms with Crippen LogP contribution in [0.15, 0.2) is 88.2 Å². The van der Waals surface area contributed by atoms with E-state index in [9.17, 15) is 9.90 Å². The molecule has 194 valence electrons. The standard InChI is InChI=1S/C29H26Cl2N4O2S/c1-17(38)34(2)28(33-32)29(37,20-8-10-22(30)11-9-20)21-13-19-6-4-12-35-26(36)16-24(25(15-21)27(19)35)18-5-3-7-23(31)14-18/h3,5,7-11,13-16,37-38H,1,4,6,12,32H2,2H3/b33-28-. The number of benzene rings is 3. The van der Waals surface area contributed by atoms with E-state index in [0.717, 1.165) is 40.4 Å². The molecule has 0 aliphatic carbocycles. The highest BCUT2D eigenvalue weighted by Gasteiger charge is 2.41. The fourth-order valence-electron chi connectivity index (χ4n) is 5.21. The fraction of sp³-hybridized carbons (Fsp3) is 0.172. The Hall–Kier alpha value is -3.23. The third-order valence-electron chi connectivity index (χ3n) is 7.08. The Morgan fingerprint density at radius 1 is 1.11 bits per heavy atom. The first-order valence-corrected chi connectivity index (χ1v) is 13.2. The lowest BCUT2D eigenvalue weighted by atomic mass is 9.81. The molecule has 0 spiro atoms. The Morgan fingerprint density at radius 3 is 2.50 bits per heavy atom. The fourth-order valence-corrected chi connectivity index (χ4v) is 5.62. The van der Waals surface area contributed by atoms with Crippen molar-refractivity contribution >= 4 is 52.6 Å². The van der Waals surface area contributed by atoms with Crippen LogP contribution in [0.25, 0.3) is 22.0 Å². The van der Waals surface area contributed by atoms with E-state index in [1.54, 1.807) is 48.0 Å². The lowest BCUT2D eigenvalue weighted by Crippen LogP contribution is -2.46. The summed E-state index contributed by atoms with van der Waals surface area (Å²) < 4.78 is 1.80. The molecule has 3 aromatic carbocycles. The van der Waals surface area contributed by atoms with Crippen molar-refractivity contribution in [3.8, 4) is 11.1 Å². The van der Waals surface area contributed by atoms with E-state index in [1.807, 2.05) is 30.3 Å². The Balaban J connectivity index is 1.89. The molecule has 5 rings (SSSR count). The summed E-state index contributed by atoms with van der Waals surface area (Å²) in [5.41, 5.74) is 2.48. The number of halogens is 2. The number of nitrogens with zero attached hydrogens (tertiary/aromatic N) is 3. The van der Waals surface area contributed by atoms with Crippen molar-refractivity contribution in [3.63, 3.8) is 0 Å². The molecule has 1 aliphatic rings. The van der Waals surface area contributed by atoms with Crippen molar-refractivity contribution in [1.82, 2.24) is 9.47 Å². The Bertz CT molecular complexity index is 1670. The van der Waals surface area contributed by atoms with Gasteiger partial charge < -0.3 is 20.4 Å². The van der Waals surface area contributed by atoms with E-state index >= 15 is 0 Å². The van der Waals surface area contributed by atoms with Gasteiger partial charge in [0.25, 0.3) is 5.56 Å². The first kappa shape index (κ1) is 26.4. The number of rotatable bonds is 5. The third-order valence-corrected chi connectivity index (χ3v) is 7.86. The van der Waals surface area contributed by atoms with Crippen LogP contribution in [-0.4, -0.2) is 27.5 Å². The van der Waals surface area contributed by atoms with Gasteiger partial charge in [-0.15, -0.1) is 12.6 Å². The van der Waals surface area contributed by atoms with Gasteiger partial charge in [-0.2, -0.15) is 5.10 Å². The highest BCUT2D eigenvalue weighted by molar-refractivity contribution is 7.84. The summed E-state index contributed by atoms with van der Waals surface area (Å²) in [6, 6.07) is 19.7. The molecule has 1 aliphatic heterocycles. The number of hydrogen-bond donors (Lipinski definition) is 3. The number of aryl methyl sites for hydroxylation is 2. The summed E-state index contributed by atoms with van der Waals surface area (Å²) in [6.07, 6.45) is 1.54. The Kier molecular flexibility index (Phi) is 7.05. The maximum atomic E-state index is 13.2. The van der Waals surface area contributed by atoms with Gasteiger partial charge >= 0.3 is 0 Å². The number of thiol groups is 1. The van der Waals surface area contributed by atoms with Gasteiger partial charge in [0.2, 0.25) is 0 Å². The van der Waals surface area contributed by atoms with E-state index in [2.05, 4.69) is 24.3 Å². The quantitative estimate of drug-likeness (QED) is 0.0945. The van der Waals surface area contributed by atoms with Crippen LogP contribution in [0.2, 0.25) is 10.0 Å². The van der Waals surface area contributed by atoms with Gasteiger partial charge in [-0.05, 0) is 77.1 Å². The van der Waals surface area contributed by atoms with Gasteiger partial charge in [0.15, 0.2) is 11.4 Å². The molecule has 4 aromatic rings. The first-order chi connectivity index (χ1) is 18.1. The van der Waals surface area contributed by atoms with Crippen molar-refractivity contribution < 1.29 is 5.11 Å². The number of pyridine rings is 1. The molecular formula is C29H26Cl2N4O2S. The van der Waals surface area contributed by atoms with Gasteiger partial charge in [0.05, 0.1) is 10.5 Å². The number of aromatic nitrogens is 1. The summed E-state index contributed by atoms with van der Waals surface area (Å²) in [4.78, 5) is 14.7. The lowest BCUT2D eigenvalue weighted by molar-refractivity contribution is 0.144. The van der Waals surface area contributed by atoms with Gasteiger partial charge in [0, 0.05) is 35.1 Å². The van der Waals surface area contributed by atoms with Crippen molar-refractivity contribution in [2.45, 2.75) is 25.0 Å². The molecule has 38 heavy (non-hydrogen) atoms. The highest BCUT2D eigenvalue weighted by Crippen LogP contribution is 2.40. The zero-order chi connectivity index (χ0) is 27.2. The summed E-state index contributed by atoms with van der Waals surface area (Å²) in [6.45, 7) is 4.51. The third kappa shape index (κ3) is 4.39. The monoisotopic (exact) mass is 564 g/mol. The van der Waals surface area contributed by atoms with Crippen LogP contribution in [0.1, 0.15) is 23.1 Å². The molecule has 1 unspecified atom stereocenters. The van der Waals surface area contributed by atoms with Crippen LogP contribution in [0.3, 0.4) is 0 Å². The topological polar surface area (TPSA) is 83.8 Å². The minimum atomic E-state index is -1.80. The summed E-state index contributed by atoms with van der Waals surface area (Å²) in [5.74, 6) is 6.03. The Morgan fingerprint density at radius 2 is 1.84 bits per heavy atom. The highest BCUT2D eigenvalue weighted by atomic mass is 35.5. The summed E-state index contributed by atoms with van der Waals surface area (Å²) in [7, 11) is 1.68. The second-order valence-electron chi connectivity index (χ2n) is 9.34. The zero-order valence-corrected chi connectivity index (χ0v) is 23.1. The van der Waals surface area contributed by atoms with Crippen molar-refractivity contribution in [1.29, 1.82) is 0 Å². The number of likely N-dealkylation sites (N-methyl/N-ethyl adjacent to an activating group) is 1. The minimum absolute atomic E-state index is 0.0792. The van der Waals surface area contributed by atoms with Crippen molar-refractivity contribution in [3.05, 3.63) is 115 Å². The predicted octanol–water partition coefficient (Wildman–Crippen LogP) is 5.76. The molecule has 0 saturated carbocycles. The number of hydrazone groups is 1. The van der Waals surface area contributed by atoms with Crippen LogP contribution in [0, 0.1) is 0 Å². The van der Waals surface area contributed by atoms with Crippen LogP contribution >= 0.6 is 35.8 Å². The molecule has 0 saturated heterocycles. The number of hydrogen-bond acceptors (Lipinski definition) is 5. The molecular weight excluding hydrogens is 539 g/mol. The molecule has 0 amide bonds. The predicted molar refractivity (Wildman–Crippen MR) is 159 cm³/mol. The second-order valence-corrected chi connectivity index (χ2v) is 10.7. The van der Waals surface area contributed by atoms with Gasteiger partial charge in [-0.1, -0.05) is 54.0 Å². The van der Waals surface area contributed by atoms with Crippen LogP contribution in [0.4, 0.5) is 0 Å². The van der Waals surface area contributed by atoms with Crippen LogP contribution < -0.4 is 11.4 Å². The number of nitrogens with two attached hydrogens (primary N) is 1. The summed E-state index contributed by atoms with van der Waals surface area (Å²) >= 11 is 16.9. The first-order valence-electron chi connectivity index (χ1n) is 12.0. The molecule has 6 nitrogen and oxygen atoms in total. The van der Waals surface area contributed by atoms with Crippen molar-refractivity contribution in [2.24, 2.45) is 10.9 Å². The van der Waals surface area contributed by atoms with Gasteiger partial charge in [-0.25, -0.2) is 0 Å². The zero-order valence-electron chi connectivity index (χ0n) is 20.7. The number of aliphatic hydroxyl groups is 1. The maximum Gasteiger partial charge on any atom is 0.251 e. The molecule has 0 fully saturated rings. The number of amidine groups is 1. The molecule has 0 radical (unpaired) electrons. The van der Waals surface area contributed by atoms with Gasteiger partial charge in [0.1, 0.15) is 0 Å².